The lowest BCUT2D eigenvalue weighted by molar-refractivity contribution is 0.0627. The van der Waals surface area contributed by atoms with Crippen LogP contribution in [-0.2, 0) is 6.54 Å². The Balaban J connectivity index is 0.000000660. The first kappa shape index (κ1) is 22.6. The highest BCUT2D eigenvalue weighted by Crippen LogP contribution is 2.37. The van der Waals surface area contributed by atoms with Crippen LogP contribution in [0.25, 0.3) is 0 Å². The first-order valence-corrected chi connectivity index (χ1v) is 10.9. The fraction of sp³-hybridized carbons (Fsp3) is 0.520. The molecule has 1 N–H and O–H groups in total. The van der Waals surface area contributed by atoms with Crippen molar-refractivity contribution >= 4 is 0 Å². The van der Waals surface area contributed by atoms with Gasteiger partial charge in [-0.2, -0.15) is 0 Å². The Labute approximate surface area is 171 Å². The fourth-order valence-electron chi connectivity index (χ4n) is 4.52. The Morgan fingerprint density at radius 2 is 1.71 bits per heavy atom. The summed E-state index contributed by atoms with van der Waals surface area (Å²) in [6.45, 7) is 14.4. The predicted molar refractivity (Wildman–Crippen MR) is 118 cm³/mol. The van der Waals surface area contributed by atoms with E-state index in [0.717, 1.165) is 31.1 Å². The van der Waals surface area contributed by atoms with Gasteiger partial charge in [0.05, 0.1) is 0 Å². The van der Waals surface area contributed by atoms with Gasteiger partial charge < -0.3 is 5.32 Å². The van der Waals surface area contributed by atoms with Crippen molar-refractivity contribution in [3.8, 4) is 0 Å². The summed E-state index contributed by atoms with van der Waals surface area (Å²) in [5.41, 5.74) is 3.72. The lowest BCUT2D eigenvalue weighted by Gasteiger charge is -2.46. The molecule has 2 aliphatic rings. The quantitative estimate of drug-likeness (QED) is 0.701. The topological polar surface area (TPSA) is 15.3 Å². The van der Waals surface area contributed by atoms with E-state index in [1.807, 2.05) is 40.7 Å². The van der Waals surface area contributed by atoms with Crippen molar-refractivity contribution in [1.29, 1.82) is 0 Å². The zero-order chi connectivity index (χ0) is 20.5. The molecule has 0 aromatic heterocycles. The third-order valence-corrected chi connectivity index (χ3v) is 5.56. The molecule has 2 aromatic carbocycles. The number of likely N-dealkylation sites (tertiary alicyclic amines) is 1. The smallest absolute Gasteiger partial charge is 0.123 e. The number of fused-ring (bicyclic) bond motifs is 2. The molecule has 2 heterocycles. The number of halogens is 1. The summed E-state index contributed by atoms with van der Waals surface area (Å²) >= 11 is 0. The van der Waals surface area contributed by atoms with Gasteiger partial charge in [0.1, 0.15) is 5.82 Å². The van der Waals surface area contributed by atoms with Crippen LogP contribution in [-0.4, -0.2) is 24.5 Å². The van der Waals surface area contributed by atoms with E-state index in [-0.39, 0.29) is 5.82 Å². The Hall–Kier alpha value is -1.71. The summed E-state index contributed by atoms with van der Waals surface area (Å²) in [6.07, 6.45) is 1.28. The Morgan fingerprint density at radius 3 is 2.39 bits per heavy atom. The van der Waals surface area contributed by atoms with Gasteiger partial charge in [-0.05, 0) is 60.5 Å². The number of hydrogen-bond acceptors (Lipinski definition) is 2. The van der Waals surface area contributed by atoms with Crippen LogP contribution >= 0.6 is 0 Å². The third-order valence-electron chi connectivity index (χ3n) is 5.56. The average Bonchev–Trinajstić information content (AvgIpc) is 2.73. The van der Waals surface area contributed by atoms with E-state index in [1.165, 1.54) is 24.1 Å². The van der Waals surface area contributed by atoms with E-state index in [0.29, 0.717) is 12.0 Å². The number of hydrogen-bond donors (Lipinski definition) is 1. The van der Waals surface area contributed by atoms with E-state index in [9.17, 15) is 4.39 Å². The molecule has 2 aliphatic heterocycles. The highest BCUT2D eigenvalue weighted by molar-refractivity contribution is 5.31. The molecular weight excluding hydrogens is 347 g/mol. The average molecular weight is 385 g/mol. The van der Waals surface area contributed by atoms with E-state index >= 15 is 0 Å². The van der Waals surface area contributed by atoms with Crippen molar-refractivity contribution in [2.75, 3.05) is 19.6 Å². The van der Waals surface area contributed by atoms with Crippen molar-refractivity contribution < 1.29 is 4.39 Å². The largest absolute Gasteiger partial charge is 0.309 e. The normalized spacial score (nSPS) is 23.7. The summed E-state index contributed by atoms with van der Waals surface area (Å²) in [5, 5.41) is 3.73. The fourth-order valence-corrected chi connectivity index (χ4v) is 4.52. The number of nitrogens with zero attached hydrogens (tertiary/aromatic N) is 1. The summed E-state index contributed by atoms with van der Waals surface area (Å²) < 4.78 is 13.4. The molecule has 3 atom stereocenters. The van der Waals surface area contributed by atoms with Crippen LogP contribution < -0.4 is 5.32 Å². The van der Waals surface area contributed by atoms with Crippen LogP contribution in [0.3, 0.4) is 0 Å². The lowest BCUT2D eigenvalue weighted by Crippen LogP contribution is -2.52. The molecule has 2 saturated heterocycles. The third kappa shape index (κ3) is 5.65. The number of piperidine rings is 2. The Morgan fingerprint density at radius 1 is 1.00 bits per heavy atom. The molecule has 3 heteroatoms. The van der Waals surface area contributed by atoms with Crippen molar-refractivity contribution in [3.05, 3.63) is 71.0 Å². The summed E-state index contributed by atoms with van der Waals surface area (Å²) in [7, 11) is 0. The maximum atomic E-state index is 13.4. The SMILES string of the molecule is CC.CC.Cc1cc(F)ccc1[C@@H]1NCC2CC1CN(Cc1ccccc1)C2. The molecule has 2 aromatic rings. The van der Waals surface area contributed by atoms with Crippen molar-refractivity contribution in [3.63, 3.8) is 0 Å². The first-order chi connectivity index (χ1) is 13.7. The molecule has 0 saturated carbocycles. The monoisotopic (exact) mass is 384 g/mol. The minimum absolute atomic E-state index is 0.140. The number of nitrogens with one attached hydrogen (secondary N) is 1. The minimum Gasteiger partial charge on any atom is -0.309 e. The van der Waals surface area contributed by atoms with Gasteiger partial charge in [0.15, 0.2) is 0 Å². The van der Waals surface area contributed by atoms with E-state index in [4.69, 9.17) is 0 Å². The maximum Gasteiger partial charge on any atom is 0.123 e. The maximum absolute atomic E-state index is 13.4. The highest BCUT2D eigenvalue weighted by Gasteiger charge is 2.37. The molecule has 2 nitrogen and oxygen atoms in total. The number of aryl methyl sites for hydroxylation is 1. The van der Waals surface area contributed by atoms with Gasteiger partial charge in [-0.1, -0.05) is 64.1 Å². The molecule has 0 spiro atoms. The van der Waals surface area contributed by atoms with Crippen molar-refractivity contribution in [2.45, 2.75) is 53.6 Å². The van der Waals surface area contributed by atoms with E-state index < -0.39 is 0 Å². The van der Waals surface area contributed by atoms with Gasteiger partial charge in [0.2, 0.25) is 0 Å². The number of rotatable bonds is 3. The summed E-state index contributed by atoms with van der Waals surface area (Å²) in [5.74, 6) is 1.19. The molecule has 28 heavy (non-hydrogen) atoms. The van der Waals surface area contributed by atoms with Crippen LogP contribution in [0, 0.1) is 24.6 Å². The van der Waals surface area contributed by atoms with Crippen LogP contribution in [0.2, 0.25) is 0 Å². The van der Waals surface area contributed by atoms with Gasteiger partial charge >= 0.3 is 0 Å². The van der Waals surface area contributed by atoms with Crippen molar-refractivity contribution in [1.82, 2.24) is 10.2 Å². The standard InChI is InChI=1S/C21H25FN2.2C2H6/c1-15-9-19(22)7-8-20(15)21-18-10-17(11-23-21)13-24(14-18)12-16-5-3-2-4-6-16;2*1-2/h2-9,17-18,21,23H,10-14H2,1H3;2*1-2H3/t17?,18?,21-;;/m1../s1. The second-order valence-electron chi connectivity index (χ2n) is 7.43. The summed E-state index contributed by atoms with van der Waals surface area (Å²) in [6, 6.07) is 16.3. The van der Waals surface area contributed by atoms with Gasteiger partial charge in [-0.25, -0.2) is 4.39 Å². The first-order valence-electron chi connectivity index (χ1n) is 10.9. The van der Waals surface area contributed by atoms with Crippen LogP contribution in [0.15, 0.2) is 48.5 Å². The predicted octanol–water partition coefficient (Wildman–Crippen LogP) is 5.97. The zero-order valence-corrected chi connectivity index (χ0v) is 18.2. The van der Waals surface area contributed by atoms with Crippen molar-refractivity contribution in [2.24, 2.45) is 11.8 Å². The lowest BCUT2D eigenvalue weighted by atomic mass is 9.77. The van der Waals surface area contributed by atoms with Crippen LogP contribution in [0.4, 0.5) is 4.39 Å². The van der Waals surface area contributed by atoms with Gasteiger partial charge in [0, 0.05) is 25.7 Å². The molecule has 2 bridgehead atoms. The van der Waals surface area contributed by atoms with Gasteiger partial charge in [-0.3, -0.25) is 4.90 Å². The van der Waals surface area contributed by atoms with Gasteiger partial charge in [-0.15, -0.1) is 0 Å². The molecule has 2 unspecified atom stereocenters. The molecule has 0 amide bonds. The van der Waals surface area contributed by atoms with Crippen LogP contribution in [0.1, 0.15) is 56.8 Å². The zero-order valence-electron chi connectivity index (χ0n) is 18.2. The van der Waals surface area contributed by atoms with Crippen LogP contribution in [0.5, 0.6) is 0 Å². The second kappa shape index (κ2) is 11.3. The molecule has 2 fully saturated rings. The molecule has 154 valence electrons. The number of benzene rings is 2. The molecule has 0 aliphatic carbocycles. The molecule has 4 rings (SSSR count). The second-order valence-corrected chi connectivity index (χ2v) is 7.43. The van der Waals surface area contributed by atoms with Gasteiger partial charge in [0.25, 0.3) is 0 Å². The molecule has 0 radical (unpaired) electrons. The minimum atomic E-state index is -0.140. The van der Waals surface area contributed by atoms with E-state index in [1.54, 1.807) is 12.1 Å². The Kier molecular flexibility index (Phi) is 9.14. The van der Waals surface area contributed by atoms with E-state index in [2.05, 4.69) is 40.5 Å². The highest BCUT2D eigenvalue weighted by atomic mass is 19.1. The summed E-state index contributed by atoms with van der Waals surface area (Å²) in [4.78, 5) is 2.60. The molecular formula is C25H37FN2. The Bertz CT molecular complexity index is 701.